The molecule has 0 heterocycles. The molecule has 5 heteroatoms. The van der Waals surface area contributed by atoms with Crippen molar-refractivity contribution < 1.29 is 13.5 Å². The van der Waals surface area contributed by atoms with Gasteiger partial charge in [-0.3, -0.25) is 0 Å². The molecule has 2 N–H and O–H groups in total. The molecule has 15 heavy (non-hydrogen) atoms. The van der Waals surface area contributed by atoms with Gasteiger partial charge in [0.1, 0.15) is 5.75 Å². The Hall–Kier alpha value is -0.680. The van der Waals surface area contributed by atoms with Gasteiger partial charge in [-0.1, -0.05) is 22.0 Å². The normalized spacial score (nSPS) is 11.5. The summed E-state index contributed by atoms with van der Waals surface area (Å²) in [5.41, 5.74) is 5.49. The highest BCUT2D eigenvalue weighted by Crippen LogP contribution is 2.27. The minimum atomic E-state index is -2.86. The second kappa shape index (κ2) is 4.90. The molecule has 0 bridgehead atoms. The van der Waals surface area contributed by atoms with Crippen LogP contribution in [0.2, 0.25) is 0 Å². The fourth-order valence-corrected chi connectivity index (χ4v) is 1.65. The van der Waals surface area contributed by atoms with Gasteiger partial charge in [0, 0.05) is 10.9 Å². The third kappa shape index (κ3) is 3.43. The molecule has 1 rings (SSSR count). The third-order valence-corrected chi connectivity index (χ3v) is 2.75. The number of benzene rings is 1. The fraction of sp³-hybridized carbons (Fsp3) is 0.400. The topological polar surface area (TPSA) is 35.2 Å². The number of hydrogen-bond donors (Lipinski definition) is 1. The molecule has 0 aliphatic carbocycles. The maximum absolute atomic E-state index is 13.0. The average molecular weight is 280 g/mol. The van der Waals surface area contributed by atoms with Gasteiger partial charge in [0.05, 0.1) is 13.7 Å². The van der Waals surface area contributed by atoms with Crippen molar-refractivity contribution in [3.05, 3.63) is 28.2 Å². The lowest BCUT2D eigenvalue weighted by atomic mass is 10.1. The van der Waals surface area contributed by atoms with Gasteiger partial charge in [-0.15, -0.1) is 0 Å². The van der Waals surface area contributed by atoms with Gasteiger partial charge in [-0.25, -0.2) is 8.78 Å². The fourth-order valence-electron chi connectivity index (χ4n) is 1.15. The Morgan fingerprint density at radius 2 is 2.13 bits per heavy atom. The standard InChI is InChI=1S/C10H12BrF2NO/c1-15-8-3-2-7(9(11)4-8)5-10(12,13)6-14/h2-4H,5-6,14H2,1H3. The van der Waals surface area contributed by atoms with E-state index in [4.69, 9.17) is 10.5 Å². The van der Waals surface area contributed by atoms with Crippen LogP contribution in [-0.2, 0) is 6.42 Å². The van der Waals surface area contributed by atoms with Crippen LogP contribution in [0.15, 0.2) is 22.7 Å². The predicted molar refractivity (Wildman–Crippen MR) is 58.4 cm³/mol. The van der Waals surface area contributed by atoms with Crippen molar-refractivity contribution in [2.24, 2.45) is 5.73 Å². The van der Waals surface area contributed by atoms with E-state index in [0.717, 1.165) is 0 Å². The van der Waals surface area contributed by atoms with Crippen molar-refractivity contribution in [2.45, 2.75) is 12.3 Å². The number of hydrogen-bond acceptors (Lipinski definition) is 2. The Morgan fingerprint density at radius 3 is 2.60 bits per heavy atom. The summed E-state index contributed by atoms with van der Waals surface area (Å²) in [5, 5.41) is 0. The number of methoxy groups -OCH3 is 1. The van der Waals surface area contributed by atoms with E-state index >= 15 is 0 Å². The van der Waals surface area contributed by atoms with Crippen molar-refractivity contribution in [3.63, 3.8) is 0 Å². The summed E-state index contributed by atoms with van der Waals surface area (Å²) >= 11 is 3.22. The van der Waals surface area contributed by atoms with E-state index < -0.39 is 12.5 Å². The maximum atomic E-state index is 13.0. The molecule has 1 aromatic carbocycles. The summed E-state index contributed by atoms with van der Waals surface area (Å²) in [7, 11) is 1.52. The molecule has 1 aromatic rings. The summed E-state index contributed by atoms with van der Waals surface area (Å²) in [4.78, 5) is 0. The van der Waals surface area contributed by atoms with Crippen LogP contribution in [0.1, 0.15) is 5.56 Å². The van der Waals surface area contributed by atoms with Crippen molar-refractivity contribution >= 4 is 15.9 Å². The number of halogens is 3. The highest BCUT2D eigenvalue weighted by Gasteiger charge is 2.27. The number of rotatable bonds is 4. The molecule has 0 atom stereocenters. The maximum Gasteiger partial charge on any atom is 0.264 e. The third-order valence-electron chi connectivity index (χ3n) is 2.01. The Morgan fingerprint density at radius 1 is 1.47 bits per heavy atom. The van der Waals surface area contributed by atoms with Gasteiger partial charge in [-0.2, -0.15) is 0 Å². The summed E-state index contributed by atoms with van der Waals surface area (Å²) in [5.74, 6) is -2.24. The molecule has 84 valence electrons. The van der Waals surface area contributed by atoms with Crippen molar-refractivity contribution in [2.75, 3.05) is 13.7 Å². The minimum Gasteiger partial charge on any atom is -0.497 e. The van der Waals surface area contributed by atoms with Crippen LogP contribution >= 0.6 is 15.9 Å². The van der Waals surface area contributed by atoms with E-state index in [9.17, 15) is 8.78 Å². The molecule has 0 spiro atoms. The zero-order chi connectivity index (χ0) is 11.5. The van der Waals surface area contributed by atoms with Crippen LogP contribution in [0.5, 0.6) is 5.75 Å². The number of ether oxygens (including phenoxy) is 1. The van der Waals surface area contributed by atoms with Gasteiger partial charge >= 0.3 is 0 Å². The molecule has 0 unspecified atom stereocenters. The molecule has 2 nitrogen and oxygen atoms in total. The van der Waals surface area contributed by atoms with E-state index in [2.05, 4.69) is 15.9 Å². The first kappa shape index (κ1) is 12.4. The van der Waals surface area contributed by atoms with Crippen LogP contribution in [0.25, 0.3) is 0 Å². The first-order valence-corrected chi connectivity index (χ1v) is 5.18. The molecule has 0 aromatic heterocycles. The second-order valence-electron chi connectivity index (χ2n) is 3.19. The lowest BCUT2D eigenvalue weighted by molar-refractivity contribution is 0.0113. The molecule has 0 fully saturated rings. The molecular weight excluding hydrogens is 268 g/mol. The van der Waals surface area contributed by atoms with Crippen LogP contribution in [0.3, 0.4) is 0 Å². The summed E-state index contributed by atoms with van der Waals surface area (Å²) in [6, 6.07) is 4.90. The van der Waals surface area contributed by atoms with Gasteiger partial charge < -0.3 is 10.5 Å². The second-order valence-corrected chi connectivity index (χ2v) is 4.05. The van der Waals surface area contributed by atoms with Crippen molar-refractivity contribution in [1.82, 2.24) is 0 Å². The van der Waals surface area contributed by atoms with Gasteiger partial charge in [-0.05, 0) is 17.7 Å². The Bertz CT molecular complexity index is 344. The van der Waals surface area contributed by atoms with E-state index in [1.807, 2.05) is 0 Å². The van der Waals surface area contributed by atoms with E-state index in [-0.39, 0.29) is 6.42 Å². The smallest absolute Gasteiger partial charge is 0.264 e. The lowest BCUT2D eigenvalue weighted by Gasteiger charge is -2.15. The molecule has 0 saturated carbocycles. The zero-order valence-electron chi connectivity index (χ0n) is 8.27. The van der Waals surface area contributed by atoms with Crippen molar-refractivity contribution in [3.8, 4) is 5.75 Å². The Balaban J connectivity index is 2.87. The minimum absolute atomic E-state index is 0.367. The summed E-state index contributed by atoms with van der Waals surface area (Å²) < 4.78 is 31.6. The van der Waals surface area contributed by atoms with Crippen molar-refractivity contribution in [1.29, 1.82) is 0 Å². The van der Waals surface area contributed by atoms with Gasteiger partial charge in [0.2, 0.25) is 0 Å². The lowest BCUT2D eigenvalue weighted by Crippen LogP contribution is -2.30. The molecule has 0 aliphatic heterocycles. The van der Waals surface area contributed by atoms with Crippen LogP contribution < -0.4 is 10.5 Å². The largest absolute Gasteiger partial charge is 0.497 e. The van der Waals surface area contributed by atoms with E-state index in [0.29, 0.717) is 15.8 Å². The van der Waals surface area contributed by atoms with Crippen LogP contribution in [0.4, 0.5) is 8.78 Å². The van der Waals surface area contributed by atoms with Crippen LogP contribution in [0, 0.1) is 0 Å². The molecule has 0 saturated heterocycles. The Kier molecular flexibility index (Phi) is 4.04. The summed E-state index contributed by atoms with van der Waals surface area (Å²) in [6.07, 6.45) is -0.367. The van der Waals surface area contributed by atoms with Gasteiger partial charge in [0.15, 0.2) is 0 Å². The highest BCUT2D eigenvalue weighted by molar-refractivity contribution is 9.10. The molecule has 0 aliphatic rings. The monoisotopic (exact) mass is 279 g/mol. The van der Waals surface area contributed by atoms with Gasteiger partial charge in [0.25, 0.3) is 5.92 Å². The quantitative estimate of drug-likeness (QED) is 0.920. The molecule has 0 radical (unpaired) electrons. The highest BCUT2D eigenvalue weighted by atomic mass is 79.9. The predicted octanol–water partition coefficient (Wildman–Crippen LogP) is 2.59. The molecule has 0 amide bonds. The first-order valence-electron chi connectivity index (χ1n) is 4.39. The first-order chi connectivity index (χ1) is 6.98. The number of nitrogens with two attached hydrogens (primary N) is 1. The average Bonchev–Trinajstić information content (AvgIpc) is 2.21. The molecular formula is C10H12BrF2NO. The number of alkyl halides is 2. The Labute approximate surface area is 95.5 Å². The SMILES string of the molecule is COc1ccc(CC(F)(F)CN)c(Br)c1. The van der Waals surface area contributed by atoms with E-state index in [1.54, 1.807) is 18.2 Å². The zero-order valence-corrected chi connectivity index (χ0v) is 9.85. The van der Waals surface area contributed by atoms with E-state index in [1.165, 1.54) is 7.11 Å². The van der Waals surface area contributed by atoms with Crippen LogP contribution in [-0.4, -0.2) is 19.6 Å². The summed E-state index contributed by atoms with van der Waals surface area (Å²) in [6.45, 7) is -0.647.